The van der Waals surface area contributed by atoms with Crippen molar-refractivity contribution in [2.24, 2.45) is 0 Å². The summed E-state index contributed by atoms with van der Waals surface area (Å²) in [6.07, 6.45) is 5.54. The van der Waals surface area contributed by atoms with Gasteiger partial charge in [0.1, 0.15) is 16.9 Å². The van der Waals surface area contributed by atoms with Crippen molar-refractivity contribution in [1.82, 2.24) is 35.9 Å². The molecule has 0 radical (unpaired) electrons. The second-order valence-electron chi connectivity index (χ2n) is 12.8. The number of benzene rings is 2. The van der Waals surface area contributed by atoms with Crippen LogP contribution in [0.5, 0.6) is 0 Å². The number of carbonyl (C=O) groups excluding carboxylic acids is 2. The number of H-pyrrole nitrogens is 1. The molecular weight excluding hydrogens is 566 g/mol. The molecule has 3 aliphatic heterocycles. The Morgan fingerprint density at radius 3 is 2.33 bits per heavy atom. The largest absolute Gasteiger partial charge is 0.369 e. The Balaban J connectivity index is 0.944. The summed E-state index contributed by atoms with van der Waals surface area (Å²) in [7, 11) is 2.16. The average molecular weight is 608 g/mol. The number of nitrogens with zero attached hydrogens (tertiary/aromatic N) is 6. The number of carbonyl (C=O) groups is 2. The fourth-order valence-corrected chi connectivity index (χ4v) is 7.30. The van der Waals surface area contributed by atoms with Gasteiger partial charge in [0.15, 0.2) is 0 Å². The summed E-state index contributed by atoms with van der Waals surface area (Å²) in [5, 5.41) is 17.4. The molecule has 45 heavy (non-hydrogen) atoms. The van der Waals surface area contributed by atoms with Crippen molar-refractivity contribution in [1.29, 1.82) is 0 Å². The molecule has 5 heterocycles. The molecule has 2 bridgehead atoms. The van der Waals surface area contributed by atoms with E-state index in [9.17, 15) is 9.59 Å². The average Bonchev–Trinajstić information content (AvgIpc) is 3.64. The van der Waals surface area contributed by atoms with Crippen LogP contribution in [-0.4, -0.2) is 88.5 Å². The molecule has 1 unspecified atom stereocenters. The summed E-state index contributed by atoms with van der Waals surface area (Å²) >= 11 is 0. The van der Waals surface area contributed by atoms with Crippen LogP contribution in [0.1, 0.15) is 70.5 Å². The van der Waals surface area contributed by atoms with Crippen molar-refractivity contribution < 1.29 is 9.59 Å². The van der Waals surface area contributed by atoms with E-state index in [1.807, 2.05) is 38.1 Å². The van der Waals surface area contributed by atoms with E-state index in [2.05, 4.69) is 72.1 Å². The Kier molecular flexibility index (Phi) is 7.87. The molecule has 0 aliphatic carbocycles. The minimum atomic E-state index is -0.131. The molecular formula is C34H41N9O2. The highest BCUT2D eigenvalue weighted by atomic mass is 16.2. The van der Waals surface area contributed by atoms with Gasteiger partial charge < -0.3 is 25.3 Å². The van der Waals surface area contributed by atoms with E-state index >= 15 is 0 Å². The molecule has 234 valence electrons. The zero-order chi connectivity index (χ0) is 31.1. The summed E-state index contributed by atoms with van der Waals surface area (Å²) in [6, 6.07) is 16.6. The number of hydrogen-bond donors (Lipinski definition) is 3. The Bertz CT molecular complexity index is 1660. The molecule has 0 spiro atoms. The van der Waals surface area contributed by atoms with Crippen LogP contribution >= 0.6 is 0 Å². The zero-order valence-electron chi connectivity index (χ0n) is 26.2. The number of piperidine rings is 1. The number of fused-ring (bicyclic) bond motifs is 3. The van der Waals surface area contributed by atoms with Crippen LogP contribution < -0.4 is 20.4 Å². The topological polar surface area (TPSA) is 122 Å². The first-order valence-electron chi connectivity index (χ1n) is 16.0. The lowest BCUT2D eigenvalue weighted by Gasteiger charge is -2.40. The predicted molar refractivity (Wildman–Crippen MR) is 175 cm³/mol. The van der Waals surface area contributed by atoms with Crippen LogP contribution in [0.2, 0.25) is 0 Å². The summed E-state index contributed by atoms with van der Waals surface area (Å²) in [5.74, 6) is 0.695. The van der Waals surface area contributed by atoms with Crippen molar-refractivity contribution in [2.75, 3.05) is 43.0 Å². The van der Waals surface area contributed by atoms with E-state index in [0.717, 1.165) is 79.8 Å². The number of aromatic amines is 1. The molecule has 2 amide bonds. The standard InChI is InChI=1S/C34H41N9O2/c1-21-29(11-12-30-32(21)39-40-38-30)34(45)37-25-18-27-9-10-28(19-25)43(27)31-13-6-24(20-35-31)33(44)36-22(2)23-4-7-26(8-5-23)42-16-14-41(3)15-17-42/h4-8,11-13,20,22,25,27-28H,9-10,14-19H2,1-3H3,(H,36,44)(H,37,45)(H,38,39,40)/t22-,25?,27-,28+/m0/s1. The maximum Gasteiger partial charge on any atom is 0.253 e. The minimum Gasteiger partial charge on any atom is -0.369 e. The van der Waals surface area contributed by atoms with Crippen LogP contribution in [-0.2, 0) is 0 Å². The molecule has 3 aliphatic rings. The van der Waals surface area contributed by atoms with Gasteiger partial charge in [0.05, 0.1) is 11.6 Å². The van der Waals surface area contributed by atoms with E-state index in [0.29, 0.717) is 23.2 Å². The van der Waals surface area contributed by atoms with E-state index in [1.54, 1.807) is 6.20 Å². The van der Waals surface area contributed by atoms with Gasteiger partial charge in [-0.2, -0.15) is 15.4 Å². The van der Waals surface area contributed by atoms with Crippen LogP contribution in [0.4, 0.5) is 11.5 Å². The summed E-state index contributed by atoms with van der Waals surface area (Å²) < 4.78 is 0. The lowest BCUT2D eigenvalue weighted by molar-refractivity contribution is 0.0922. The third-order valence-corrected chi connectivity index (χ3v) is 9.94. The monoisotopic (exact) mass is 607 g/mol. The molecule has 3 N–H and O–H groups in total. The zero-order valence-corrected chi connectivity index (χ0v) is 26.2. The molecule has 7 rings (SSSR count). The van der Waals surface area contributed by atoms with Gasteiger partial charge in [0, 0.05) is 61.8 Å². The van der Waals surface area contributed by atoms with Gasteiger partial charge in [-0.05, 0) is 94.1 Å². The highest BCUT2D eigenvalue weighted by Crippen LogP contribution is 2.38. The van der Waals surface area contributed by atoms with Crippen molar-refractivity contribution in [3.8, 4) is 0 Å². The molecule has 2 aromatic heterocycles. The number of aryl methyl sites for hydroxylation is 1. The summed E-state index contributed by atoms with van der Waals surface area (Å²) in [6.45, 7) is 8.13. The number of rotatable bonds is 7. The van der Waals surface area contributed by atoms with Crippen molar-refractivity contribution >= 4 is 34.4 Å². The third-order valence-electron chi connectivity index (χ3n) is 9.94. The number of nitrogens with one attached hydrogen (secondary N) is 3. The molecule has 3 saturated heterocycles. The number of amides is 2. The van der Waals surface area contributed by atoms with Gasteiger partial charge in [-0.3, -0.25) is 9.59 Å². The molecule has 3 fully saturated rings. The summed E-state index contributed by atoms with van der Waals surface area (Å²) in [4.78, 5) is 38.2. The van der Waals surface area contributed by atoms with Gasteiger partial charge in [-0.1, -0.05) is 12.1 Å². The molecule has 11 heteroatoms. The maximum absolute atomic E-state index is 13.2. The first kappa shape index (κ1) is 29.2. The normalized spacial score (nSPS) is 22.4. The van der Waals surface area contributed by atoms with Gasteiger partial charge in [-0.25, -0.2) is 4.98 Å². The quantitative estimate of drug-likeness (QED) is 0.290. The van der Waals surface area contributed by atoms with E-state index in [4.69, 9.17) is 4.98 Å². The van der Waals surface area contributed by atoms with E-state index in [-0.39, 0.29) is 23.9 Å². The first-order valence-corrected chi connectivity index (χ1v) is 16.0. The maximum atomic E-state index is 13.2. The first-order chi connectivity index (χ1) is 21.8. The number of hydrogen-bond acceptors (Lipinski definition) is 8. The van der Waals surface area contributed by atoms with Crippen molar-refractivity contribution in [3.05, 3.63) is 77.0 Å². The fourth-order valence-electron chi connectivity index (χ4n) is 7.30. The second-order valence-corrected chi connectivity index (χ2v) is 12.8. The molecule has 4 aromatic rings. The Hall–Kier alpha value is -4.51. The second kappa shape index (κ2) is 12.1. The summed E-state index contributed by atoms with van der Waals surface area (Å²) in [5.41, 5.74) is 5.81. The van der Waals surface area contributed by atoms with Crippen LogP contribution in [0.15, 0.2) is 54.7 Å². The highest BCUT2D eigenvalue weighted by Gasteiger charge is 2.42. The number of pyridine rings is 1. The Labute approximate surface area is 263 Å². The number of aromatic nitrogens is 4. The predicted octanol–water partition coefficient (Wildman–Crippen LogP) is 3.83. The van der Waals surface area contributed by atoms with Crippen molar-refractivity contribution in [2.45, 2.75) is 63.7 Å². The molecule has 11 nitrogen and oxygen atoms in total. The molecule has 2 aromatic carbocycles. The van der Waals surface area contributed by atoms with Gasteiger partial charge in [0.25, 0.3) is 11.8 Å². The lowest BCUT2D eigenvalue weighted by Crippen LogP contribution is -2.50. The lowest BCUT2D eigenvalue weighted by atomic mass is 9.96. The Morgan fingerprint density at radius 1 is 0.911 bits per heavy atom. The fraction of sp³-hybridized carbons (Fsp3) is 0.441. The minimum absolute atomic E-state index is 0.0658. The SMILES string of the molecule is Cc1c(C(=O)NC2C[C@H]3CC[C@@H](C2)N3c2ccc(C(=O)N[C@@H](C)c3ccc(N4CCN(C)CC4)cc3)cn2)ccc2n[nH]nc12. The van der Waals surface area contributed by atoms with Crippen LogP contribution in [0, 0.1) is 6.92 Å². The van der Waals surface area contributed by atoms with E-state index < -0.39 is 0 Å². The van der Waals surface area contributed by atoms with Crippen molar-refractivity contribution in [3.63, 3.8) is 0 Å². The number of anilines is 2. The van der Waals surface area contributed by atoms with E-state index in [1.165, 1.54) is 5.69 Å². The molecule has 4 atom stereocenters. The third kappa shape index (κ3) is 5.84. The highest BCUT2D eigenvalue weighted by molar-refractivity contribution is 6.00. The number of piperazine rings is 1. The van der Waals surface area contributed by atoms with Crippen LogP contribution in [0.3, 0.4) is 0 Å². The smallest absolute Gasteiger partial charge is 0.253 e. The van der Waals surface area contributed by atoms with Crippen LogP contribution in [0.25, 0.3) is 11.0 Å². The van der Waals surface area contributed by atoms with Gasteiger partial charge in [-0.15, -0.1) is 0 Å². The van der Waals surface area contributed by atoms with Gasteiger partial charge >= 0.3 is 0 Å². The number of likely N-dealkylation sites (N-methyl/N-ethyl adjacent to an activating group) is 1. The molecule has 0 saturated carbocycles. The van der Waals surface area contributed by atoms with Gasteiger partial charge in [0.2, 0.25) is 0 Å². The Morgan fingerprint density at radius 2 is 1.64 bits per heavy atom.